The Labute approximate surface area is 83.1 Å². The Hall–Kier alpha value is -1.45. The third kappa shape index (κ3) is 2.80. The summed E-state index contributed by atoms with van der Waals surface area (Å²) < 4.78 is 0. The Balaban J connectivity index is 2.69. The van der Waals surface area contributed by atoms with Crippen LogP contribution < -0.4 is 0 Å². The number of nitro groups is 1. The van der Waals surface area contributed by atoms with Crippen LogP contribution >= 0.6 is 0 Å². The van der Waals surface area contributed by atoms with Gasteiger partial charge in [-0.3, -0.25) is 0 Å². The number of hydrogen-bond acceptors (Lipinski definition) is 3. The SMILES string of the molecule is CCCCCc1cccnc1[N+](=O)[O-]. The van der Waals surface area contributed by atoms with Crippen molar-refractivity contribution in [2.24, 2.45) is 0 Å². The number of unbranched alkanes of at least 4 members (excludes halogenated alkanes) is 2. The molecular weight excluding hydrogens is 180 g/mol. The second-order valence-electron chi connectivity index (χ2n) is 3.20. The van der Waals surface area contributed by atoms with Gasteiger partial charge in [0.15, 0.2) is 0 Å². The van der Waals surface area contributed by atoms with Gasteiger partial charge in [-0.15, -0.1) is 0 Å². The zero-order valence-corrected chi connectivity index (χ0v) is 8.27. The van der Waals surface area contributed by atoms with Crippen molar-refractivity contribution in [3.63, 3.8) is 0 Å². The molecule has 0 unspecified atom stereocenters. The highest BCUT2D eigenvalue weighted by molar-refractivity contribution is 5.31. The highest BCUT2D eigenvalue weighted by atomic mass is 16.6. The van der Waals surface area contributed by atoms with E-state index in [0.29, 0.717) is 0 Å². The van der Waals surface area contributed by atoms with E-state index in [9.17, 15) is 10.1 Å². The van der Waals surface area contributed by atoms with Gasteiger partial charge < -0.3 is 10.1 Å². The van der Waals surface area contributed by atoms with E-state index in [0.717, 1.165) is 31.2 Å². The minimum Gasteiger partial charge on any atom is -0.358 e. The summed E-state index contributed by atoms with van der Waals surface area (Å²) in [5, 5.41) is 10.6. The van der Waals surface area contributed by atoms with E-state index in [1.807, 2.05) is 0 Å². The summed E-state index contributed by atoms with van der Waals surface area (Å²) in [6.45, 7) is 2.11. The summed E-state index contributed by atoms with van der Waals surface area (Å²) in [6.07, 6.45) is 5.42. The molecular formula is C10H14N2O2. The lowest BCUT2D eigenvalue weighted by atomic mass is 10.1. The second-order valence-corrected chi connectivity index (χ2v) is 3.20. The number of hydrogen-bond donors (Lipinski definition) is 0. The first-order valence-electron chi connectivity index (χ1n) is 4.84. The van der Waals surface area contributed by atoms with Crippen LogP contribution in [-0.2, 0) is 6.42 Å². The molecule has 1 rings (SSSR count). The molecule has 0 N–H and O–H groups in total. The largest absolute Gasteiger partial charge is 0.366 e. The van der Waals surface area contributed by atoms with Crippen molar-refractivity contribution in [3.05, 3.63) is 34.0 Å². The third-order valence-corrected chi connectivity index (χ3v) is 2.09. The molecule has 0 aromatic carbocycles. The van der Waals surface area contributed by atoms with Gasteiger partial charge in [-0.05, 0) is 34.9 Å². The van der Waals surface area contributed by atoms with Gasteiger partial charge >= 0.3 is 5.82 Å². The Kier molecular flexibility index (Phi) is 4.04. The summed E-state index contributed by atoms with van der Waals surface area (Å²) in [5.41, 5.74) is 0.742. The lowest BCUT2D eigenvalue weighted by Gasteiger charge is -2.00. The fourth-order valence-electron chi connectivity index (χ4n) is 1.36. The summed E-state index contributed by atoms with van der Waals surface area (Å²) >= 11 is 0. The minimum atomic E-state index is -0.415. The molecule has 0 bridgehead atoms. The fraction of sp³-hybridized carbons (Fsp3) is 0.500. The van der Waals surface area contributed by atoms with E-state index < -0.39 is 4.92 Å². The summed E-state index contributed by atoms with van der Waals surface area (Å²) in [7, 11) is 0. The normalized spacial score (nSPS) is 10.1. The molecule has 0 aliphatic rings. The molecule has 4 heteroatoms. The van der Waals surface area contributed by atoms with Crippen LogP contribution in [0.5, 0.6) is 0 Å². The molecule has 0 aliphatic heterocycles. The van der Waals surface area contributed by atoms with Crippen LogP contribution in [0.4, 0.5) is 5.82 Å². The summed E-state index contributed by atoms with van der Waals surface area (Å²) in [5.74, 6) is 0.00334. The van der Waals surface area contributed by atoms with Crippen LogP contribution in [0.3, 0.4) is 0 Å². The molecule has 0 saturated heterocycles. The maximum Gasteiger partial charge on any atom is 0.366 e. The number of nitrogens with zero attached hydrogens (tertiary/aromatic N) is 2. The Morgan fingerprint density at radius 1 is 1.50 bits per heavy atom. The van der Waals surface area contributed by atoms with Crippen LogP contribution in [0.25, 0.3) is 0 Å². The van der Waals surface area contributed by atoms with Crippen molar-refractivity contribution in [2.75, 3.05) is 0 Å². The molecule has 1 aromatic rings. The average molecular weight is 194 g/mol. The first-order chi connectivity index (χ1) is 6.75. The van der Waals surface area contributed by atoms with Gasteiger partial charge in [0.25, 0.3) is 0 Å². The number of aryl methyl sites for hydroxylation is 1. The lowest BCUT2D eigenvalue weighted by molar-refractivity contribution is -0.390. The molecule has 0 atom stereocenters. The van der Waals surface area contributed by atoms with E-state index in [4.69, 9.17) is 0 Å². The predicted octanol–water partition coefficient (Wildman–Crippen LogP) is 2.72. The van der Waals surface area contributed by atoms with Crippen molar-refractivity contribution in [1.29, 1.82) is 0 Å². The fourth-order valence-corrected chi connectivity index (χ4v) is 1.36. The monoisotopic (exact) mass is 194 g/mol. The predicted molar refractivity (Wildman–Crippen MR) is 54.1 cm³/mol. The Morgan fingerprint density at radius 3 is 2.93 bits per heavy atom. The molecule has 0 spiro atoms. The van der Waals surface area contributed by atoms with E-state index in [-0.39, 0.29) is 5.82 Å². The molecule has 4 nitrogen and oxygen atoms in total. The molecule has 1 aromatic heterocycles. The molecule has 76 valence electrons. The van der Waals surface area contributed by atoms with Crippen molar-refractivity contribution >= 4 is 5.82 Å². The number of rotatable bonds is 5. The maximum absolute atomic E-state index is 10.6. The molecule has 0 aliphatic carbocycles. The average Bonchev–Trinajstić information content (AvgIpc) is 2.19. The molecule has 0 amide bonds. The quantitative estimate of drug-likeness (QED) is 0.411. The Bertz CT molecular complexity index is 313. The van der Waals surface area contributed by atoms with Gasteiger partial charge in [0.05, 0.1) is 0 Å². The van der Waals surface area contributed by atoms with Gasteiger partial charge in [-0.25, -0.2) is 0 Å². The maximum atomic E-state index is 10.6. The van der Waals surface area contributed by atoms with E-state index in [1.165, 1.54) is 6.20 Å². The van der Waals surface area contributed by atoms with Gasteiger partial charge in [-0.2, -0.15) is 0 Å². The first kappa shape index (κ1) is 10.6. The van der Waals surface area contributed by atoms with Crippen molar-refractivity contribution in [1.82, 2.24) is 4.98 Å². The first-order valence-corrected chi connectivity index (χ1v) is 4.84. The van der Waals surface area contributed by atoms with Gasteiger partial charge in [0, 0.05) is 5.56 Å². The zero-order chi connectivity index (χ0) is 10.4. The molecule has 0 saturated carbocycles. The van der Waals surface area contributed by atoms with Gasteiger partial charge in [0.2, 0.25) is 0 Å². The highest BCUT2D eigenvalue weighted by Gasteiger charge is 2.12. The summed E-state index contributed by atoms with van der Waals surface area (Å²) in [4.78, 5) is 13.9. The number of pyridine rings is 1. The van der Waals surface area contributed by atoms with Gasteiger partial charge in [-0.1, -0.05) is 19.8 Å². The molecule has 1 heterocycles. The summed E-state index contributed by atoms with van der Waals surface area (Å²) in [6, 6.07) is 3.52. The third-order valence-electron chi connectivity index (χ3n) is 2.09. The minimum absolute atomic E-state index is 0.00334. The van der Waals surface area contributed by atoms with E-state index in [2.05, 4.69) is 11.9 Å². The van der Waals surface area contributed by atoms with E-state index in [1.54, 1.807) is 12.1 Å². The van der Waals surface area contributed by atoms with Crippen LogP contribution in [0.1, 0.15) is 31.7 Å². The van der Waals surface area contributed by atoms with Crippen molar-refractivity contribution < 1.29 is 4.92 Å². The van der Waals surface area contributed by atoms with Crippen molar-refractivity contribution in [2.45, 2.75) is 32.6 Å². The molecule has 0 fully saturated rings. The van der Waals surface area contributed by atoms with Crippen molar-refractivity contribution in [3.8, 4) is 0 Å². The second kappa shape index (κ2) is 5.32. The highest BCUT2D eigenvalue weighted by Crippen LogP contribution is 2.16. The molecule has 14 heavy (non-hydrogen) atoms. The smallest absolute Gasteiger partial charge is 0.358 e. The van der Waals surface area contributed by atoms with E-state index >= 15 is 0 Å². The Morgan fingerprint density at radius 2 is 2.29 bits per heavy atom. The zero-order valence-electron chi connectivity index (χ0n) is 8.27. The number of aromatic nitrogens is 1. The van der Waals surface area contributed by atoms with Crippen LogP contribution in [0, 0.1) is 10.1 Å². The molecule has 0 radical (unpaired) electrons. The topological polar surface area (TPSA) is 56.0 Å². The van der Waals surface area contributed by atoms with Gasteiger partial charge in [0.1, 0.15) is 6.20 Å². The standard InChI is InChI=1S/C10H14N2O2/c1-2-3-4-6-9-7-5-8-11-10(9)12(13)14/h5,7-8H,2-4,6H2,1H3. The van der Waals surface area contributed by atoms with Crippen LogP contribution in [0.15, 0.2) is 18.3 Å². The lowest BCUT2D eigenvalue weighted by Crippen LogP contribution is -1.98. The van der Waals surface area contributed by atoms with Crippen LogP contribution in [0.2, 0.25) is 0 Å². The van der Waals surface area contributed by atoms with Crippen LogP contribution in [-0.4, -0.2) is 9.91 Å².